The van der Waals surface area contributed by atoms with Gasteiger partial charge in [0, 0.05) is 13.1 Å². The second-order valence-corrected chi connectivity index (χ2v) is 6.13. The van der Waals surface area contributed by atoms with Gasteiger partial charge < -0.3 is 4.74 Å². The molecule has 1 heterocycles. The molecule has 1 unspecified atom stereocenters. The number of hydrogen-bond acceptors (Lipinski definition) is 2. The van der Waals surface area contributed by atoms with Gasteiger partial charge in [-0.3, -0.25) is 4.90 Å². The SMILES string of the molecule is CC(CCN1CCOCC1)c1ccc(-c2ccccc2)cc1. The van der Waals surface area contributed by atoms with Crippen LogP contribution in [0.15, 0.2) is 54.6 Å². The third-order valence-corrected chi connectivity index (χ3v) is 4.57. The third kappa shape index (κ3) is 3.96. The van der Waals surface area contributed by atoms with Gasteiger partial charge in [-0.25, -0.2) is 0 Å². The van der Waals surface area contributed by atoms with E-state index in [1.807, 2.05) is 0 Å². The van der Waals surface area contributed by atoms with Crippen LogP contribution in [0.25, 0.3) is 11.1 Å². The van der Waals surface area contributed by atoms with Crippen LogP contribution in [0.5, 0.6) is 0 Å². The van der Waals surface area contributed by atoms with Crippen LogP contribution >= 0.6 is 0 Å². The van der Waals surface area contributed by atoms with Gasteiger partial charge in [-0.1, -0.05) is 61.5 Å². The van der Waals surface area contributed by atoms with Crippen LogP contribution < -0.4 is 0 Å². The van der Waals surface area contributed by atoms with Crippen LogP contribution in [0, 0.1) is 0 Å². The normalized spacial score (nSPS) is 17.3. The van der Waals surface area contributed by atoms with Gasteiger partial charge in [0.2, 0.25) is 0 Å². The number of hydrogen-bond donors (Lipinski definition) is 0. The Bertz CT molecular complexity index is 558. The Hall–Kier alpha value is -1.64. The lowest BCUT2D eigenvalue weighted by Gasteiger charge is -2.27. The number of nitrogens with zero attached hydrogens (tertiary/aromatic N) is 1. The molecule has 1 aliphatic rings. The molecule has 116 valence electrons. The lowest BCUT2D eigenvalue weighted by molar-refractivity contribution is 0.0367. The Balaban J connectivity index is 1.57. The van der Waals surface area contributed by atoms with Crippen molar-refractivity contribution in [2.24, 2.45) is 0 Å². The summed E-state index contributed by atoms with van der Waals surface area (Å²) in [7, 11) is 0. The summed E-state index contributed by atoms with van der Waals surface area (Å²) >= 11 is 0. The highest BCUT2D eigenvalue weighted by Gasteiger charge is 2.12. The fourth-order valence-corrected chi connectivity index (χ4v) is 3.00. The quantitative estimate of drug-likeness (QED) is 0.820. The van der Waals surface area contributed by atoms with E-state index in [1.54, 1.807) is 0 Å². The van der Waals surface area contributed by atoms with Gasteiger partial charge >= 0.3 is 0 Å². The molecule has 2 heteroatoms. The lowest BCUT2D eigenvalue weighted by Crippen LogP contribution is -2.37. The molecular formula is C20H25NO. The average Bonchev–Trinajstić information content (AvgIpc) is 2.61. The van der Waals surface area contributed by atoms with E-state index in [-0.39, 0.29) is 0 Å². The number of rotatable bonds is 5. The number of morpholine rings is 1. The van der Waals surface area contributed by atoms with E-state index in [9.17, 15) is 0 Å². The Kier molecular flexibility index (Phi) is 5.25. The topological polar surface area (TPSA) is 12.5 Å². The second kappa shape index (κ2) is 7.57. The number of benzene rings is 2. The van der Waals surface area contributed by atoms with E-state index in [2.05, 4.69) is 66.4 Å². The van der Waals surface area contributed by atoms with Gasteiger partial charge in [0.05, 0.1) is 13.2 Å². The Morgan fingerprint density at radius 3 is 2.23 bits per heavy atom. The summed E-state index contributed by atoms with van der Waals surface area (Å²) in [6, 6.07) is 19.6. The van der Waals surface area contributed by atoms with E-state index < -0.39 is 0 Å². The summed E-state index contributed by atoms with van der Waals surface area (Å²) in [4.78, 5) is 2.51. The summed E-state index contributed by atoms with van der Waals surface area (Å²) in [6.07, 6.45) is 1.21. The number of ether oxygens (including phenoxy) is 1. The summed E-state index contributed by atoms with van der Waals surface area (Å²) in [5, 5.41) is 0. The fourth-order valence-electron chi connectivity index (χ4n) is 3.00. The maximum atomic E-state index is 5.40. The zero-order chi connectivity index (χ0) is 15.2. The maximum absolute atomic E-state index is 5.40. The van der Waals surface area contributed by atoms with Gasteiger partial charge in [-0.15, -0.1) is 0 Å². The molecule has 2 nitrogen and oxygen atoms in total. The minimum atomic E-state index is 0.604. The molecule has 0 aliphatic carbocycles. The fraction of sp³-hybridized carbons (Fsp3) is 0.400. The minimum Gasteiger partial charge on any atom is -0.379 e. The van der Waals surface area contributed by atoms with Crippen molar-refractivity contribution in [3.8, 4) is 11.1 Å². The van der Waals surface area contributed by atoms with Crippen molar-refractivity contribution in [1.82, 2.24) is 4.90 Å². The van der Waals surface area contributed by atoms with Crippen LogP contribution in [-0.2, 0) is 4.74 Å². The zero-order valence-corrected chi connectivity index (χ0v) is 13.4. The van der Waals surface area contributed by atoms with Crippen LogP contribution in [0.2, 0.25) is 0 Å². The van der Waals surface area contributed by atoms with Gasteiger partial charge in [-0.05, 0) is 35.6 Å². The van der Waals surface area contributed by atoms with Crippen molar-refractivity contribution in [2.45, 2.75) is 19.3 Å². The van der Waals surface area contributed by atoms with Crippen molar-refractivity contribution >= 4 is 0 Å². The molecule has 0 spiro atoms. The first-order chi connectivity index (χ1) is 10.8. The summed E-state index contributed by atoms with van der Waals surface area (Å²) in [5.41, 5.74) is 4.02. The molecular weight excluding hydrogens is 270 g/mol. The van der Waals surface area contributed by atoms with Crippen LogP contribution in [0.4, 0.5) is 0 Å². The molecule has 2 aromatic rings. The highest BCUT2D eigenvalue weighted by molar-refractivity contribution is 5.63. The Morgan fingerprint density at radius 2 is 1.55 bits per heavy atom. The molecule has 2 aromatic carbocycles. The summed E-state index contributed by atoms with van der Waals surface area (Å²) in [5.74, 6) is 0.604. The summed E-state index contributed by atoms with van der Waals surface area (Å²) < 4.78 is 5.40. The third-order valence-electron chi connectivity index (χ3n) is 4.57. The van der Waals surface area contributed by atoms with Crippen molar-refractivity contribution in [1.29, 1.82) is 0 Å². The Labute approximate surface area is 133 Å². The standard InChI is InChI=1S/C20H25NO/c1-17(11-12-21-13-15-22-16-14-21)18-7-9-20(10-8-18)19-5-3-2-4-6-19/h2-10,17H,11-16H2,1H3. The van der Waals surface area contributed by atoms with Crippen molar-refractivity contribution in [2.75, 3.05) is 32.8 Å². The molecule has 0 bridgehead atoms. The smallest absolute Gasteiger partial charge is 0.0594 e. The first kappa shape index (κ1) is 15.3. The van der Waals surface area contributed by atoms with E-state index in [1.165, 1.54) is 29.7 Å². The summed E-state index contributed by atoms with van der Waals surface area (Å²) in [6.45, 7) is 7.45. The molecule has 1 atom stereocenters. The van der Waals surface area contributed by atoms with E-state index in [0.29, 0.717) is 5.92 Å². The largest absolute Gasteiger partial charge is 0.379 e. The molecule has 1 aliphatic heterocycles. The molecule has 22 heavy (non-hydrogen) atoms. The molecule has 0 aromatic heterocycles. The highest BCUT2D eigenvalue weighted by atomic mass is 16.5. The predicted octanol–water partition coefficient (Wildman–Crippen LogP) is 4.18. The average molecular weight is 295 g/mol. The maximum Gasteiger partial charge on any atom is 0.0594 e. The molecule has 1 saturated heterocycles. The zero-order valence-electron chi connectivity index (χ0n) is 13.4. The highest BCUT2D eigenvalue weighted by Crippen LogP contribution is 2.24. The van der Waals surface area contributed by atoms with Crippen molar-refractivity contribution < 1.29 is 4.74 Å². The van der Waals surface area contributed by atoms with Gasteiger partial charge in [0.25, 0.3) is 0 Å². The van der Waals surface area contributed by atoms with Gasteiger partial charge in [-0.2, -0.15) is 0 Å². The first-order valence-electron chi connectivity index (χ1n) is 8.28. The molecule has 3 rings (SSSR count). The molecule has 0 amide bonds. The van der Waals surface area contributed by atoms with E-state index >= 15 is 0 Å². The van der Waals surface area contributed by atoms with E-state index in [0.717, 1.165) is 26.3 Å². The second-order valence-electron chi connectivity index (χ2n) is 6.13. The van der Waals surface area contributed by atoms with Gasteiger partial charge in [0.15, 0.2) is 0 Å². The monoisotopic (exact) mass is 295 g/mol. The van der Waals surface area contributed by atoms with Crippen LogP contribution in [-0.4, -0.2) is 37.7 Å². The van der Waals surface area contributed by atoms with Gasteiger partial charge in [0.1, 0.15) is 0 Å². The van der Waals surface area contributed by atoms with Crippen molar-refractivity contribution in [3.63, 3.8) is 0 Å². The van der Waals surface area contributed by atoms with E-state index in [4.69, 9.17) is 4.74 Å². The molecule has 1 fully saturated rings. The van der Waals surface area contributed by atoms with Crippen molar-refractivity contribution in [3.05, 3.63) is 60.2 Å². The minimum absolute atomic E-state index is 0.604. The van der Waals surface area contributed by atoms with Crippen LogP contribution in [0.3, 0.4) is 0 Å². The lowest BCUT2D eigenvalue weighted by atomic mass is 9.95. The first-order valence-corrected chi connectivity index (χ1v) is 8.28. The molecule has 0 radical (unpaired) electrons. The molecule has 0 saturated carbocycles. The predicted molar refractivity (Wildman–Crippen MR) is 92.2 cm³/mol. The molecule has 0 N–H and O–H groups in total. The van der Waals surface area contributed by atoms with Crippen LogP contribution in [0.1, 0.15) is 24.8 Å². The Morgan fingerprint density at radius 1 is 0.909 bits per heavy atom.